The minimum absolute atomic E-state index is 0.314. The summed E-state index contributed by atoms with van der Waals surface area (Å²) < 4.78 is 1.61. The molecule has 2 rings (SSSR count). The van der Waals surface area contributed by atoms with Gasteiger partial charge in [-0.25, -0.2) is 4.68 Å². The smallest absolute Gasteiger partial charge is 0.141 e. The molecule has 0 amide bonds. The van der Waals surface area contributed by atoms with E-state index in [9.17, 15) is 0 Å². The van der Waals surface area contributed by atoms with Gasteiger partial charge in [-0.05, 0) is 12.1 Å². The number of benzene rings is 1. The molecule has 0 saturated carbocycles. The first-order chi connectivity index (χ1) is 6.33. The lowest BCUT2D eigenvalue weighted by atomic mass is 10.3. The molecule has 0 N–H and O–H groups in total. The zero-order valence-corrected chi connectivity index (χ0v) is 8.20. The van der Waals surface area contributed by atoms with Gasteiger partial charge < -0.3 is 0 Å². The standard InChI is InChI=1S/C8H7Cl2N3/c9-5-8(10)13-7-4-2-1-3-6(7)11-12-13/h1-4,8H,5H2. The van der Waals surface area contributed by atoms with Gasteiger partial charge in [-0.3, -0.25) is 0 Å². The minimum atomic E-state index is -0.339. The third-order valence-corrected chi connectivity index (χ3v) is 2.56. The molecule has 0 aliphatic carbocycles. The fourth-order valence-electron chi connectivity index (χ4n) is 1.16. The first kappa shape index (κ1) is 8.78. The van der Waals surface area contributed by atoms with Crippen molar-refractivity contribution in [1.82, 2.24) is 15.0 Å². The Bertz CT molecular complexity index is 412. The van der Waals surface area contributed by atoms with E-state index in [0.717, 1.165) is 11.0 Å². The maximum absolute atomic E-state index is 5.94. The highest BCUT2D eigenvalue weighted by molar-refractivity contribution is 6.26. The molecule has 0 fully saturated rings. The SMILES string of the molecule is ClCC(Cl)n1nnc2ccccc21. The molecule has 1 atom stereocenters. The number of fused-ring (bicyclic) bond motifs is 1. The van der Waals surface area contributed by atoms with Gasteiger partial charge in [0.25, 0.3) is 0 Å². The van der Waals surface area contributed by atoms with Crippen LogP contribution in [0.15, 0.2) is 24.3 Å². The molecule has 0 spiro atoms. The van der Waals surface area contributed by atoms with E-state index in [1.807, 2.05) is 24.3 Å². The molecule has 5 heteroatoms. The van der Waals surface area contributed by atoms with Gasteiger partial charge in [-0.2, -0.15) is 0 Å². The zero-order valence-electron chi connectivity index (χ0n) is 6.69. The second kappa shape index (κ2) is 3.52. The summed E-state index contributed by atoms with van der Waals surface area (Å²) in [5, 5.41) is 7.87. The first-order valence-corrected chi connectivity index (χ1v) is 4.80. The highest BCUT2D eigenvalue weighted by Gasteiger charge is 2.10. The van der Waals surface area contributed by atoms with Gasteiger partial charge in [0.15, 0.2) is 0 Å². The molecule has 1 aromatic carbocycles. The van der Waals surface area contributed by atoms with Crippen LogP contribution in [0, 0.1) is 0 Å². The van der Waals surface area contributed by atoms with Crippen molar-refractivity contribution >= 4 is 34.2 Å². The number of hydrogen-bond donors (Lipinski definition) is 0. The van der Waals surface area contributed by atoms with Crippen molar-refractivity contribution in [3.63, 3.8) is 0 Å². The van der Waals surface area contributed by atoms with Gasteiger partial charge in [0.05, 0.1) is 11.4 Å². The van der Waals surface area contributed by atoms with E-state index in [1.165, 1.54) is 0 Å². The van der Waals surface area contributed by atoms with E-state index < -0.39 is 0 Å². The Hall–Kier alpha value is -0.800. The van der Waals surface area contributed by atoms with Gasteiger partial charge >= 0.3 is 0 Å². The van der Waals surface area contributed by atoms with Crippen LogP contribution in [0.3, 0.4) is 0 Å². The molecule has 0 saturated heterocycles. The summed E-state index contributed by atoms with van der Waals surface area (Å²) in [6, 6.07) is 7.62. The summed E-state index contributed by atoms with van der Waals surface area (Å²) in [6.07, 6.45) is 0. The van der Waals surface area contributed by atoms with Crippen LogP contribution in [0.1, 0.15) is 5.50 Å². The minimum Gasteiger partial charge on any atom is -0.225 e. The third-order valence-electron chi connectivity index (χ3n) is 1.77. The monoisotopic (exact) mass is 215 g/mol. The Morgan fingerprint density at radius 3 is 2.92 bits per heavy atom. The lowest BCUT2D eigenvalue weighted by Gasteiger charge is -2.04. The summed E-state index contributed by atoms with van der Waals surface area (Å²) in [7, 11) is 0. The van der Waals surface area contributed by atoms with Crippen molar-refractivity contribution in [2.45, 2.75) is 5.50 Å². The Morgan fingerprint density at radius 2 is 2.15 bits per heavy atom. The number of halogens is 2. The van der Waals surface area contributed by atoms with Crippen molar-refractivity contribution in [3.05, 3.63) is 24.3 Å². The van der Waals surface area contributed by atoms with E-state index in [-0.39, 0.29) is 5.50 Å². The Labute approximate surface area is 85.2 Å². The number of para-hydroxylation sites is 1. The van der Waals surface area contributed by atoms with Gasteiger partial charge in [0.2, 0.25) is 0 Å². The first-order valence-electron chi connectivity index (χ1n) is 3.83. The molecule has 68 valence electrons. The number of nitrogens with zero attached hydrogens (tertiary/aromatic N) is 3. The van der Waals surface area contributed by atoms with Crippen LogP contribution >= 0.6 is 23.2 Å². The molecule has 1 aromatic heterocycles. The van der Waals surface area contributed by atoms with Crippen LogP contribution in [-0.4, -0.2) is 20.9 Å². The maximum Gasteiger partial charge on any atom is 0.141 e. The second-order valence-electron chi connectivity index (χ2n) is 2.61. The summed E-state index contributed by atoms with van der Waals surface area (Å²) in [4.78, 5) is 0. The number of rotatable bonds is 2. The third kappa shape index (κ3) is 1.49. The van der Waals surface area contributed by atoms with E-state index in [4.69, 9.17) is 23.2 Å². The van der Waals surface area contributed by atoms with E-state index in [0.29, 0.717) is 5.88 Å². The summed E-state index contributed by atoms with van der Waals surface area (Å²) in [5.41, 5.74) is 1.40. The molecule has 3 nitrogen and oxygen atoms in total. The Balaban J connectivity index is 2.57. The van der Waals surface area contributed by atoms with Crippen molar-refractivity contribution < 1.29 is 0 Å². The summed E-state index contributed by atoms with van der Waals surface area (Å²) >= 11 is 11.6. The molecule has 0 radical (unpaired) electrons. The number of alkyl halides is 2. The van der Waals surface area contributed by atoms with Crippen LogP contribution in [-0.2, 0) is 0 Å². The normalized spacial score (nSPS) is 13.4. The number of hydrogen-bond acceptors (Lipinski definition) is 2. The molecular weight excluding hydrogens is 209 g/mol. The molecule has 2 aromatic rings. The van der Waals surface area contributed by atoms with Crippen LogP contribution in [0.4, 0.5) is 0 Å². The molecular formula is C8H7Cl2N3. The topological polar surface area (TPSA) is 30.7 Å². The lowest BCUT2D eigenvalue weighted by Crippen LogP contribution is -2.05. The largest absolute Gasteiger partial charge is 0.225 e. The van der Waals surface area contributed by atoms with Crippen LogP contribution in [0.2, 0.25) is 0 Å². The molecule has 1 heterocycles. The van der Waals surface area contributed by atoms with Gasteiger partial charge in [0.1, 0.15) is 11.0 Å². The van der Waals surface area contributed by atoms with Crippen molar-refractivity contribution in [3.8, 4) is 0 Å². The molecule has 0 aliphatic heterocycles. The molecule has 1 unspecified atom stereocenters. The van der Waals surface area contributed by atoms with Crippen LogP contribution in [0.25, 0.3) is 11.0 Å². The Morgan fingerprint density at radius 1 is 1.38 bits per heavy atom. The van der Waals surface area contributed by atoms with Crippen LogP contribution in [0.5, 0.6) is 0 Å². The molecule has 0 aliphatic rings. The van der Waals surface area contributed by atoms with Gasteiger partial charge in [-0.15, -0.1) is 16.7 Å². The fourth-order valence-corrected chi connectivity index (χ4v) is 1.43. The molecule has 0 bridgehead atoms. The quantitative estimate of drug-likeness (QED) is 0.721. The van der Waals surface area contributed by atoms with Crippen molar-refractivity contribution in [1.29, 1.82) is 0 Å². The lowest BCUT2D eigenvalue weighted by molar-refractivity contribution is 0.627. The van der Waals surface area contributed by atoms with E-state index in [1.54, 1.807) is 4.68 Å². The average Bonchev–Trinajstić information content (AvgIpc) is 2.60. The fraction of sp³-hybridized carbons (Fsp3) is 0.250. The van der Waals surface area contributed by atoms with Crippen molar-refractivity contribution in [2.75, 3.05) is 5.88 Å². The maximum atomic E-state index is 5.94. The summed E-state index contributed by atoms with van der Waals surface area (Å²) in [5.74, 6) is 0.314. The highest BCUT2D eigenvalue weighted by Crippen LogP contribution is 2.18. The predicted molar refractivity (Wildman–Crippen MR) is 53.1 cm³/mol. The van der Waals surface area contributed by atoms with Crippen LogP contribution < -0.4 is 0 Å². The number of aromatic nitrogens is 3. The average molecular weight is 216 g/mol. The van der Waals surface area contributed by atoms with Gasteiger partial charge in [-0.1, -0.05) is 28.9 Å². The van der Waals surface area contributed by atoms with Gasteiger partial charge in [0, 0.05) is 0 Å². The Kier molecular flexibility index (Phi) is 2.38. The predicted octanol–water partition coefficient (Wildman–Crippen LogP) is 2.41. The van der Waals surface area contributed by atoms with E-state index in [2.05, 4.69) is 10.3 Å². The molecule has 13 heavy (non-hydrogen) atoms. The van der Waals surface area contributed by atoms with Crippen molar-refractivity contribution in [2.24, 2.45) is 0 Å². The highest BCUT2D eigenvalue weighted by atomic mass is 35.5. The van der Waals surface area contributed by atoms with E-state index >= 15 is 0 Å². The summed E-state index contributed by atoms with van der Waals surface area (Å²) in [6.45, 7) is 0. The zero-order chi connectivity index (χ0) is 9.26. The second-order valence-corrected chi connectivity index (χ2v) is 3.42.